The summed E-state index contributed by atoms with van der Waals surface area (Å²) >= 11 is 0. The van der Waals surface area contributed by atoms with Crippen molar-refractivity contribution in [2.75, 3.05) is 0 Å². The van der Waals surface area contributed by atoms with E-state index in [2.05, 4.69) is 0 Å². The minimum atomic E-state index is -0.372. The quantitative estimate of drug-likeness (QED) is 0.575. The zero-order chi connectivity index (χ0) is 15.7. The van der Waals surface area contributed by atoms with Gasteiger partial charge in [0.05, 0.1) is 0 Å². The van der Waals surface area contributed by atoms with Crippen molar-refractivity contribution in [3.05, 3.63) is 20.2 Å². The molecule has 6 rings (SSSR count). The van der Waals surface area contributed by atoms with Crippen LogP contribution in [-0.2, 0) is 0 Å². The molecule has 4 bridgehead atoms. The monoisotopic (exact) mass is 310 g/mol. The maximum absolute atomic E-state index is 11.4. The summed E-state index contributed by atoms with van der Waals surface area (Å²) in [7, 11) is 0. The van der Waals surface area contributed by atoms with Gasteiger partial charge >= 0.3 is 0 Å². The van der Waals surface area contributed by atoms with Gasteiger partial charge in [-0.2, -0.15) is 0 Å². The Labute approximate surface area is 131 Å². The number of nitro groups is 2. The molecular formula is C16H26N2O4. The van der Waals surface area contributed by atoms with Crippen LogP contribution >= 0.6 is 0 Å². The van der Waals surface area contributed by atoms with Crippen molar-refractivity contribution in [2.45, 2.75) is 76.3 Å². The van der Waals surface area contributed by atoms with E-state index >= 15 is 0 Å². The molecule has 6 heteroatoms. The summed E-state index contributed by atoms with van der Waals surface area (Å²) in [5, 5.41) is 22.8. The Morgan fingerprint density at radius 1 is 0.591 bits per heavy atom. The van der Waals surface area contributed by atoms with Gasteiger partial charge in [0.25, 0.3) is 0 Å². The first-order valence-corrected chi connectivity index (χ1v) is 8.81. The fourth-order valence-corrected chi connectivity index (χ4v) is 5.20. The summed E-state index contributed by atoms with van der Waals surface area (Å²) in [4.78, 5) is 22.6. The number of rotatable bonds is 2. The van der Waals surface area contributed by atoms with Crippen molar-refractivity contribution in [1.82, 2.24) is 0 Å². The highest BCUT2D eigenvalue weighted by atomic mass is 16.6. The molecule has 22 heavy (non-hydrogen) atoms. The molecule has 5 unspecified atom stereocenters. The Balaban J connectivity index is 1.76. The summed E-state index contributed by atoms with van der Waals surface area (Å²) in [5.74, 6) is 1.18. The molecule has 0 amide bonds. The van der Waals surface area contributed by atoms with E-state index in [1.54, 1.807) is 0 Å². The predicted molar refractivity (Wildman–Crippen MR) is 81.7 cm³/mol. The van der Waals surface area contributed by atoms with Gasteiger partial charge in [-0.3, -0.25) is 20.2 Å². The van der Waals surface area contributed by atoms with Crippen LogP contribution in [0.5, 0.6) is 0 Å². The SMILES string of the molecule is O=[N+]([O-])C1CC2CCC1CCC1CCC(CC2)[C@H]([N+](=O)[O-])C1. The minimum Gasteiger partial charge on any atom is -0.264 e. The Morgan fingerprint density at radius 2 is 0.909 bits per heavy atom. The Bertz CT molecular complexity index is 402. The summed E-state index contributed by atoms with van der Waals surface area (Å²) < 4.78 is 0. The number of hydrogen-bond acceptors (Lipinski definition) is 4. The highest BCUT2D eigenvalue weighted by Gasteiger charge is 2.43. The van der Waals surface area contributed by atoms with E-state index in [1.165, 1.54) is 0 Å². The Kier molecular flexibility index (Phi) is 4.64. The molecule has 6 aliphatic carbocycles. The molecule has 0 radical (unpaired) electrons. The molecule has 0 spiro atoms. The van der Waals surface area contributed by atoms with Gasteiger partial charge in [-0.05, 0) is 63.2 Å². The van der Waals surface area contributed by atoms with Crippen molar-refractivity contribution in [1.29, 1.82) is 0 Å². The lowest BCUT2D eigenvalue weighted by Crippen LogP contribution is -2.40. The third-order valence-electron chi connectivity index (χ3n) is 6.56. The smallest absolute Gasteiger partial charge is 0.216 e. The molecule has 124 valence electrons. The minimum absolute atomic E-state index is 0.0549. The van der Waals surface area contributed by atoms with Crippen LogP contribution in [0.2, 0.25) is 0 Å². The molecular weight excluding hydrogens is 284 g/mol. The van der Waals surface area contributed by atoms with Crippen molar-refractivity contribution < 1.29 is 9.85 Å². The van der Waals surface area contributed by atoms with E-state index in [0.717, 1.165) is 51.4 Å². The van der Waals surface area contributed by atoms with Gasteiger partial charge in [0, 0.05) is 34.5 Å². The molecule has 0 aliphatic heterocycles. The fraction of sp³-hybridized carbons (Fsp3) is 1.00. The maximum atomic E-state index is 11.4. The highest BCUT2D eigenvalue weighted by Crippen LogP contribution is 2.43. The molecule has 0 aromatic heterocycles. The van der Waals surface area contributed by atoms with Crippen LogP contribution in [0.25, 0.3) is 0 Å². The number of hydrogen-bond donors (Lipinski definition) is 0. The van der Waals surface area contributed by atoms with Gasteiger partial charge in [-0.25, -0.2) is 0 Å². The van der Waals surface area contributed by atoms with Crippen LogP contribution in [0, 0.1) is 43.9 Å². The summed E-state index contributed by atoms with van der Waals surface area (Å²) in [5.41, 5.74) is 0. The van der Waals surface area contributed by atoms with Crippen molar-refractivity contribution in [3.8, 4) is 0 Å². The van der Waals surface area contributed by atoms with Gasteiger partial charge in [0.1, 0.15) is 0 Å². The zero-order valence-corrected chi connectivity index (χ0v) is 13.1. The van der Waals surface area contributed by atoms with Crippen molar-refractivity contribution in [2.24, 2.45) is 23.7 Å². The number of nitrogens with zero attached hydrogens (tertiary/aromatic N) is 2. The van der Waals surface area contributed by atoms with Crippen molar-refractivity contribution >= 4 is 0 Å². The van der Waals surface area contributed by atoms with Crippen LogP contribution < -0.4 is 0 Å². The topological polar surface area (TPSA) is 86.3 Å². The van der Waals surface area contributed by atoms with Crippen LogP contribution in [0.4, 0.5) is 0 Å². The highest BCUT2D eigenvalue weighted by molar-refractivity contribution is 4.87. The lowest BCUT2D eigenvalue weighted by atomic mass is 9.68. The molecule has 6 aliphatic rings. The van der Waals surface area contributed by atoms with E-state index in [4.69, 9.17) is 0 Å². The van der Waals surface area contributed by atoms with Crippen LogP contribution in [-0.4, -0.2) is 21.9 Å². The standard InChI is InChI=1S/C16H26N2O4/c19-17(20)15-9-11-1-5-13(15)8-4-12-2-6-14(7-3-11)16(10-12)18(21)22/h11-16H,1-10H2/t11?,12?,13?,14?,15-,16?/m1/s1. The van der Waals surface area contributed by atoms with Gasteiger partial charge in [0.2, 0.25) is 12.1 Å². The largest absolute Gasteiger partial charge is 0.264 e. The second kappa shape index (κ2) is 6.50. The van der Waals surface area contributed by atoms with Gasteiger partial charge in [-0.1, -0.05) is 0 Å². The van der Waals surface area contributed by atoms with E-state index in [1.807, 2.05) is 0 Å². The lowest BCUT2D eigenvalue weighted by Gasteiger charge is -2.37. The zero-order valence-electron chi connectivity index (χ0n) is 13.1. The van der Waals surface area contributed by atoms with Gasteiger partial charge in [-0.15, -0.1) is 0 Å². The molecule has 0 heterocycles. The van der Waals surface area contributed by atoms with Crippen LogP contribution in [0.15, 0.2) is 0 Å². The fourth-order valence-electron chi connectivity index (χ4n) is 5.20. The first-order chi connectivity index (χ1) is 10.5. The molecule has 6 atom stereocenters. The Morgan fingerprint density at radius 3 is 1.18 bits per heavy atom. The predicted octanol–water partition coefficient (Wildman–Crippen LogP) is 3.68. The Hall–Kier alpha value is -1.20. The average Bonchev–Trinajstić information content (AvgIpc) is 2.49. The molecule has 6 saturated carbocycles. The summed E-state index contributed by atoms with van der Waals surface area (Å²) in [6.07, 6.45) is 9.16. The van der Waals surface area contributed by atoms with Crippen LogP contribution in [0.3, 0.4) is 0 Å². The van der Waals surface area contributed by atoms with Crippen molar-refractivity contribution in [3.63, 3.8) is 0 Å². The molecule has 6 nitrogen and oxygen atoms in total. The second-order valence-corrected chi connectivity index (χ2v) is 7.74. The van der Waals surface area contributed by atoms with Gasteiger partial charge < -0.3 is 0 Å². The van der Waals surface area contributed by atoms with Gasteiger partial charge in [0.15, 0.2) is 0 Å². The first kappa shape index (κ1) is 15.7. The van der Waals surface area contributed by atoms with E-state index in [-0.39, 0.29) is 33.8 Å². The second-order valence-electron chi connectivity index (χ2n) is 7.74. The average molecular weight is 310 g/mol. The normalized spacial score (nSPS) is 42.4. The maximum Gasteiger partial charge on any atom is 0.216 e. The molecule has 0 N–H and O–H groups in total. The third-order valence-corrected chi connectivity index (χ3v) is 6.56. The van der Waals surface area contributed by atoms with E-state index in [0.29, 0.717) is 24.7 Å². The van der Waals surface area contributed by atoms with E-state index < -0.39 is 0 Å². The molecule has 0 aromatic carbocycles. The molecule has 0 saturated heterocycles. The molecule has 6 fully saturated rings. The first-order valence-electron chi connectivity index (χ1n) is 8.81. The van der Waals surface area contributed by atoms with Crippen LogP contribution in [0.1, 0.15) is 64.2 Å². The summed E-state index contributed by atoms with van der Waals surface area (Å²) in [6.45, 7) is 0. The summed E-state index contributed by atoms with van der Waals surface area (Å²) in [6, 6.07) is -0.744. The lowest BCUT2D eigenvalue weighted by molar-refractivity contribution is -0.540. The third kappa shape index (κ3) is 3.25. The van der Waals surface area contributed by atoms with E-state index in [9.17, 15) is 20.2 Å². The molecule has 0 aromatic rings.